The van der Waals surface area contributed by atoms with E-state index in [1.807, 2.05) is 18.4 Å². The summed E-state index contributed by atoms with van der Waals surface area (Å²) < 4.78 is 10.6. The Morgan fingerprint density at radius 1 is 1.28 bits per heavy atom. The van der Waals surface area contributed by atoms with E-state index >= 15 is 0 Å². The van der Waals surface area contributed by atoms with Crippen molar-refractivity contribution in [1.29, 1.82) is 0 Å². The highest BCUT2D eigenvalue weighted by molar-refractivity contribution is 7.98. The Bertz CT molecular complexity index is 427. The molecule has 0 spiro atoms. The van der Waals surface area contributed by atoms with Crippen LogP contribution in [-0.4, -0.2) is 27.0 Å². The average molecular weight is 265 g/mol. The Balaban J connectivity index is 2.85. The van der Waals surface area contributed by atoms with E-state index in [1.165, 1.54) is 10.5 Å². The molecule has 0 saturated heterocycles. The molecule has 0 bridgehead atoms. The van der Waals surface area contributed by atoms with Gasteiger partial charge in [0.2, 0.25) is 0 Å². The molecule has 0 aliphatic carbocycles. The summed E-state index contributed by atoms with van der Waals surface area (Å²) >= 11 is 1.69. The normalized spacial score (nSPS) is 9.89. The van der Waals surface area contributed by atoms with Gasteiger partial charge in [0, 0.05) is 24.4 Å². The van der Waals surface area contributed by atoms with Crippen LogP contribution < -0.4 is 14.8 Å². The van der Waals surface area contributed by atoms with Gasteiger partial charge in [-0.25, -0.2) is 0 Å². The molecule has 1 rings (SSSR count). The monoisotopic (exact) mass is 265 g/mol. The van der Waals surface area contributed by atoms with Gasteiger partial charge in [-0.2, -0.15) is 0 Å². The summed E-state index contributed by atoms with van der Waals surface area (Å²) in [7, 11) is 3.29. The Labute approximate surface area is 113 Å². The maximum atomic E-state index is 5.31. The predicted molar refractivity (Wildman–Crippen MR) is 76.5 cm³/mol. The van der Waals surface area contributed by atoms with E-state index in [-0.39, 0.29) is 0 Å². The molecule has 0 unspecified atom stereocenters. The summed E-state index contributed by atoms with van der Waals surface area (Å²) in [6.45, 7) is 1.59. The molecule has 98 valence electrons. The van der Waals surface area contributed by atoms with Crippen molar-refractivity contribution in [3.63, 3.8) is 0 Å². The topological polar surface area (TPSA) is 30.5 Å². The smallest absolute Gasteiger partial charge is 0.161 e. The van der Waals surface area contributed by atoms with Crippen molar-refractivity contribution >= 4 is 11.8 Å². The summed E-state index contributed by atoms with van der Waals surface area (Å²) in [5, 5.41) is 3.31. The van der Waals surface area contributed by atoms with Gasteiger partial charge in [0.15, 0.2) is 11.5 Å². The fourth-order valence-electron chi connectivity index (χ4n) is 1.61. The largest absolute Gasteiger partial charge is 0.493 e. The number of nitrogens with one attached hydrogen (secondary N) is 1. The minimum atomic E-state index is 0.738. The third-order valence-electron chi connectivity index (χ3n) is 2.55. The fraction of sp³-hybridized carbons (Fsp3) is 0.429. The summed E-state index contributed by atoms with van der Waals surface area (Å²) in [6, 6.07) is 4.01. The van der Waals surface area contributed by atoms with Gasteiger partial charge >= 0.3 is 0 Å². The molecule has 0 aromatic heterocycles. The highest BCUT2D eigenvalue weighted by Crippen LogP contribution is 2.34. The first-order valence-corrected chi connectivity index (χ1v) is 6.92. The van der Waals surface area contributed by atoms with Crippen molar-refractivity contribution in [3.05, 3.63) is 17.7 Å². The van der Waals surface area contributed by atoms with Crippen molar-refractivity contribution in [1.82, 2.24) is 5.32 Å². The number of hydrogen-bond acceptors (Lipinski definition) is 4. The highest BCUT2D eigenvalue weighted by Gasteiger charge is 2.10. The first-order chi connectivity index (χ1) is 8.76. The van der Waals surface area contributed by atoms with Gasteiger partial charge in [0.25, 0.3) is 0 Å². The summed E-state index contributed by atoms with van der Waals surface area (Å²) in [5.74, 6) is 4.12. The number of rotatable bonds is 7. The second kappa shape index (κ2) is 7.91. The molecule has 1 aromatic carbocycles. The molecule has 4 heteroatoms. The third-order valence-corrected chi connectivity index (χ3v) is 3.37. The third kappa shape index (κ3) is 3.86. The van der Waals surface area contributed by atoms with Gasteiger partial charge in [-0.05, 0) is 24.0 Å². The van der Waals surface area contributed by atoms with E-state index in [1.54, 1.807) is 26.0 Å². The molecule has 0 heterocycles. The van der Waals surface area contributed by atoms with Gasteiger partial charge in [-0.1, -0.05) is 0 Å². The summed E-state index contributed by atoms with van der Waals surface area (Å²) in [6.07, 6.45) is 8.00. The van der Waals surface area contributed by atoms with Crippen LogP contribution in [0, 0.1) is 12.3 Å². The van der Waals surface area contributed by atoms with E-state index in [9.17, 15) is 0 Å². The lowest BCUT2D eigenvalue weighted by atomic mass is 10.2. The Morgan fingerprint density at radius 3 is 2.50 bits per heavy atom. The lowest BCUT2D eigenvalue weighted by Crippen LogP contribution is -2.14. The molecule has 0 aliphatic rings. The number of benzene rings is 1. The molecule has 0 atom stereocenters. The lowest BCUT2D eigenvalue weighted by molar-refractivity contribution is 0.353. The molecule has 0 amide bonds. The van der Waals surface area contributed by atoms with Crippen LogP contribution in [-0.2, 0) is 6.54 Å². The lowest BCUT2D eigenvalue weighted by Gasteiger charge is -2.14. The number of hydrogen-bond donors (Lipinski definition) is 1. The molecule has 3 nitrogen and oxygen atoms in total. The first-order valence-electron chi connectivity index (χ1n) is 5.69. The van der Waals surface area contributed by atoms with Crippen molar-refractivity contribution < 1.29 is 9.47 Å². The minimum absolute atomic E-state index is 0.738. The number of methoxy groups -OCH3 is 2. The molecule has 0 radical (unpaired) electrons. The summed E-state index contributed by atoms with van der Waals surface area (Å²) in [4.78, 5) is 1.18. The van der Waals surface area contributed by atoms with Crippen molar-refractivity contribution in [2.75, 3.05) is 27.0 Å². The van der Waals surface area contributed by atoms with E-state index in [0.29, 0.717) is 0 Å². The molecular formula is C14H19NO2S. The van der Waals surface area contributed by atoms with E-state index in [2.05, 4.69) is 11.2 Å². The van der Waals surface area contributed by atoms with Crippen LogP contribution in [0.15, 0.2) is 17.0 Å². The second-order valence-electron chi connectivity index (χ2n) is 3.65. The van der Waals surface area contributed by atoms with Crippen LogP contribution in [0.2, 0.25) is 0 Å². The van der Waals surface area contributed by atoms with Crippen LogP contribution in [0.4, 0.5) is 0 Å². The van der Waals surface area contributed by atoms with Gasteiger partial charge in [0.05, 0.1) is 14.2 Å². The summed E-state index contributed by atoms with van der Waals surface area (Å²) in [5.41, 5.74) is 1.19. The van der Waals surface area contributed by atoms with Crippen LogP contribution in [0.1, 0.15) is 12.0 Å². The number of thioether (sulfide) groups is 1. The van der Waals surface area contributed by atoms with Crippen LogP contribution in [0.5, 0.6) is 11.5 Å². The zero-order valence-corrected chi connectivity index (χ0v) is 11.9. The van der Waals surface area contributed by atoms with Gasteiger partial charge in [0.1, 0.15) is 0 Å². The van der Waals surface area contributed by atoms with Crippen LogP contribution in [0.25, 0.3) is 0 Å². The first kappa shape index (κ1) is 14.7. The van der Waals surface area contributed by atoms with Gasteiger partial charge in [-0.3, -0.25) is 0 Å². The predicted octanol–water partition coefficient (Wildman–Crippen LogP) is 2.54. The molecule has 1 N–H and O–H groups in total. The van der Waals surface area contributed by atoms with Crippen molar-refractivity contribution in [3.8, 4) is 23.8 Å². The Hall–Kier alpha value is -1.31. The zero-order chi connectivity index (χ0) is 13.4. The second-order valence-corrected chi connectivity index (χ2v) is 4.50. The molecular weight excluding hydrogens is 246 g/mol. The number of terminal acetylenes is 1. The quantitative estimate of drug-likeness (QED) is 0.466. The zero-order valence-electron chi connectivity index (χ0n) is 11.1. The maximum Gasteiger partial charge on any atom is 0.161 e. The maximum absolute atomic E-state index is 5.31. The highest BCUT2D eigenvalue weighted by atomic mass is 32.2. The fourth-order valence-corrected chi connectivity index (χ4v) is 2.23. The van der Waals surface area contributed by atoms with E-state index < -0.39 is 0 Å². The molecule has 1 aromatic rings. The van der Waals surface area contributed by atoms with Crippen molar-refractivity contribution in [2.24, 2.45) is 0 Å². The number of ether oxygens (including phenoxy) is 2. The standard InChI is InChI=1S/C14H19NO2S/c1-5-6-7-15-10-11-8-12(16-2)13(17-3)9-14(11)18-4/h1,8-9,15H,6-7,10H2,2-4H3. The van der Waals surface area contributed by atoms with Crippen molar-refractivity contribution in [2.45, 2.75) is 17.9 Å². The van der Waals surface area contributed by atoms with Crippen LogP contribution in [0.3, 0.4) is 0 Å². The van der Waals surface area contributed by atoms with Gasteiger partial charge in [-0.15, -0.1) is 24.1 Å². The average Bonchev–Trinajstić information content (AvgIpc) is 2.42. The SMILES string of the molecule is C#CCCNCc1cc(OC)c(OC)cc1SC. The molecule has 0 fully saturated rings. The minimum Gasteiger partial charge on any atom is -0.493 e. The van der Waals surface area contributed by atoms with Gasteiger partial charge < -0.3 is 14.8 Å². The Kier molecular flexibility index (Phi) is 6.48. The molecule has 0 aliphatic heterocycles. The van der Waals surface area contributed by atoms with E-state index in [4.69, 9.17) is 15.9 Å². The Morgan fingerprint density at radius 2 is 1.94 bits per heavy atom. The molecule has 18 heavy (non-hydrogen) atoms. The molecule has 0 saturated carbocycles. The van der Waals surface area contributed by atoms with E-state index in [0.717, 1.165) is 31.0 Å². The van der Waals surface area contributed by atoms with Crippen LogP contribution >= 0.6 is 11.8 Å².